The molecule has 2 rings (SSSR count). The van der Waals surface area contributed by atoms with E-state index in [-0.39, 0.29) is 5.38 Å². The van der Waals surface area contributed by atoms with Gasteiger partial charge in [0.25, 0.3) is 0 Å². The maximum Gasteiger partial charge on any atom is 0.172 e. The van der Waals surface area contributed by atoms with Crippen LogP contribution in [0.1, 0.15) is 18.0 Å². The van der Waals surface area contributed by atoms with Gasteiger partial charge in [0, 0.05) is 5.39 Å². The SMILES string of the molecule is CC(Cl)c1cc2ccoc2c(Cl)n1. The van der Waals surface area contributed by atoms with Gasteiger partial charge in [-0.15, -0.1) is 11.6 Å². The molecule has 0 fully saturated rings. The molecule has 0 aliphatic heterocycles. The molecule has 68 valence electrons. The van der Waals surface area contributed by atoms with Crippen LogP contribution in [0, 0.1) is 0 Å². The Bertz CT molecular complexity index is 436. The monoisotopic (exact) mass is 215 g/mol. The minimum atomic E-state index is -0.142. The molecule has 0 aliphatic rings. The lowest BCUT2D eigenvalue weighted by Gasteiger charge is -2.02. The van der Waals surface area contributed by atoms with E-state index in [1.165, 1.54) is 0 Å². The van der Waals surface area contributed by atoms with Crippen molar-refractivity contribution in [2.24, 2.45) is 0 Å². The van der Waals surface area contributed by atoms with Crippen LogP contribution in [-0.2, 0) is 0 Å². The average molecular weight is 216 g/mol. The Morgan fingerprint density at radius 2 is 2.31 bits per heavy atom. The van der Waals surface area contributed by atoms with Crippen LogP contribution in [0.2, 0.25) is 5.15 Å². The second kappa shape index (κ2) is 3.20. The van der Waals surface area contributed by atoms with Gasteiger partial charge < -0.3 is 4.42 Å². The minimum Gasteiger partial charge on any atom is -0.461 e. The number of halogens is 2. The first kappa shape index (κ1) is 8.85. The third-order valence-corrected chi connectivity index (χ3v) is 2.30. The van der Waals surface area contributed by atoms with Crippen LogP contribution < -0.4 is 0 Å². The molecule has 0 saturated heterocycles. The summed E-state index contributed by atoms with van der Waals surface area (Å²) in [5, 5.41) is 1.16. The van der Waals surface area contributed by atoms with Gasteiger partial charge in [-0.1, -0.05) is 11.6 Å². The molecule has 0 radical (unpaired) electrons. The van der Waals surface area contributed by atoms with Crippen molar-refractivity contribution in [3.05, 3.63) is 29.2 Å². The molecular weight excluding hydrogens is 209 g/mol. The van der Waals surface area contributed by atoms with Crippen LogP contribution >= 0.6 is 23.2 Å². The van der Waals surface area contributed by atoms with Gasteiger partial charge in [0.15, 0.2) is 10.7 Å². The highest BCUT2D eigenvalue weighted by molar-refractivity contribution is 6.33. The van der Waals surface area contributed by atoms with E-state index in [1.54, 1.807) is 6.26 Å². The van der Waals surface area contributed by atoms with Crippen molar-refractivity contribution < 1.29 is 4.42 Å². The molecule has 0 aliphatic carbocycles. The second-order valence-corrected chi connectivity index (χ2v) is 3.81. The predicted octanol–water partition coefficient (Wildman–Crippen LogP) is 3.78. The molecule has 0 saturated carbocycles. The molecule has 0 aromatic carbocycles. The Labute approximate surface area is 85.5 Å². The third-order valence-electron chi connectivity index (χ3n) is 1.82. The Morgan fingerprint density at radius 1 is 1.54 bits per heavy atom. The van der Waals surface area contributed by atoms with Crippen molar-refractivity contribution in [2.75, 3.05) is 0 Å². The highest BCUT2D eigenvalue weighted by Crippen LogP contribution is 2.27. The first-order valence-electron chi connectivity index (χ1n) is 3.86. The summed E-state index contributed by atoms with van der Waals surface area (Å²) in [5.74, 6) is 0. The van der Waals surface area contributed by atoms with E-state index in [9.17, 15) is 0 Å². The highest BCUT2D eigenvalue weighted by atomic mass is 35.5. The van der Waals surface area contributed by atoms with Gasteiger partial charge in [-0.25, -0.2) is 4.98 Å². The van der Waals surface area contributed by atoms with E-state index < -0.39 is 0 Å². The quantitative estimate of drug-likeness (QED) is 0.535. The third kappa shape index (κ3) is 1.52. The van der Waals surface area contributed by atoms with Crippen LogP contribution in [0.25, 0.3) is 11.0 Å². The fourth-order valence-electron chi connectivity index (χ4n) is 1.16. The Kier molecular flexibility index (Phi) is 2.18. The number of hydrogen-bond acceptors (Lipinski definition) is 2. The van der Waals surface area contributed by atoms with Crippen molar-refractivity contribution in [3.8, 4) is 0 Å². The molecule has 0 N–H and O–H groups in total. The number of aromatic nitrogens is 1. The van der Waals surface area contributed by atoms with Crippen LogP contribution in [0.4, 0.5) is 0 Å². The molecule has 13 heavy (non-hydrogen) atoms. The fraction of sp³-hybridized carbons (Fsp3) is 0.222. The van der Waals surface area contributed by atoms with E-state index in [0.717, 1.165) is 11.1 Å². The van der Waals surface area contributed by atoms with E-state index >= 15 is 0 Å². The largest absolute Gasteiger partial charge is 0.461 e. The molecule has 2 aromatic heterocycles. The number of hydrogen-bond donors (Lipinski definition) is 0. The lowest BCUT2D eigenvalue weighted by Crippen LogP contribution is -1.89. The Morgan fingerprint density at radius 3 is 3.00 bits per heavy atom. The molecule has 2 heterocycles. The zero-order valence-corrected chi connectivity index (χ0v) is 8.43. The van der Waals surface area contributed by atoms with Crippen molar-refractivity contribution in [3.63, 3.8) is 0 Å². The van der Waals surface area contributed by atoms with Gasteiger partial charge in [-0.2, -0.15) is 0 Å². The minimum absolute atomic E-state index is 0.142. The Hall–Kier alpha value is -0.730. The smallest absolute Gasteiger partial charge is 0.172 e. The van der Waals surface area contributed by atoms with Crippen molar-refractivity contribution >= 4 is 34.2 Å². The maximum atomic E-state index is 5.89. The summed E-state index contributed by atoms with van der Waals surface area (Å²) in [6.45, 7) is 1.85. The molecule has 2 nitrogen and oxygen atoms in total. The lowest BCUT2D eigenvalue weighted by atomic mass is 10.2. The summed E-state index contributed by atoms with van der Waals surface area (Å²) in [4.78, 5) is 4.11. The van der Waals surface area contributed by atoms with Crippen LogP contribution in [0.5, 0.6) is 0 Å². The first-order valence-corrected chi connectivity index (χ1v) is 4.67. The maximum absolute atomic E-state index is 5.89. The van der Waals surface area contributed by atoms with Crippen molar-refractivity contribution in [1.29, 1.82) is 0 Å². The number of furan rings is 1. The highest BCUT2D eigenvalue weighted by Gasteiger charge is 2.09. The summed E-state index contributed by atoms with van der Waals surface area (Å²) in [7, 11) is 0. The zero-order chi connectivity index (χ0) is 9.42. The Balaban J connectivity index is 2.70. The van der Waals surface area contributed by atoms with Crippen molar-refractivity contribution in [1.82, 2.24) is 4.98 Å². The number of pyridine rings is 1. The molecule has 1 atom stereocenters. The summed E-state index contributed by atoms with van der Waals surface area (Å²) < 4.78 is 5.15. The molecule has 0 bridgehead atoms. The first-order chi connectivity index (χ1) is 6.18. The van der Waals surface area contributed by atoms with Gasteiger partial charge >= 0.3 is 0 Å². The van der Waals surface area contributed by atoms with Gasteiger partial charge in [0.2, 0.25) is 0 Å². The number of rotatable bonds is 1. The molecule has 2 aromatic rings. The number of fused-ring (bicyclic) bond motifs is 1. The molecule has 4 heteroatoms. The number of alkyl halides is 1. The standard InChI is InChI=1S/C9H7Cl2NO/c1-5(10)7-4-6-2-3-13-8(6)9(11)12-7/h2-5H,1H3. The lowest BCUT2D eigenvalue weighted by molar-refractivity contribution is 0.614. The fourth-order valence-corrected chi connectivity index (χ4v) is 1.52. The van der Waals surface area contributed by atoms with E-state index in [2.05, 4.69) is 4.98 Å². The summed E-state index contributed by atoms with van der Waals surface area (Å²) >= 11 is 11.8. The topological polar surface area (TPSA) is 26.0 Å². The van der Waals surface area contributed by atoms with Crippen LogP contribution in [0.3, 0.4) is 0 Å². The average Bonchev–Trinajstić information content (AvgIpc) is 2.51. The van der Waals surface area contributed by atoms with E-state index in [4.69, 9.17) is 27.6 Å². The predicted molar refractivity (Wildman–Crippen MR) is 53.3 cm³/mol. The summed E-state index contributed by atoms with van der Waals surface area (Å²) in [5.41, 5.74) is 1.38. The van der Waals surface area contributed by atoms with Gasteiger partial charge in [-0.05, 0) is 19.1 Å². The zero-order valence-electron chi connectivity index (χ0n) is 6.92. The summed E-state index contributed by atoms with van der Waals surface area (Å²) in [6, 6.07) is 3.72. The summed E-state index contributed by atoms with van der Waals surface area (Å²) in [6.07, 6.45) is 1.58. The molecular formula is C9H7Cl2NO. The van der Waals surface area contributed by atoms with Gasteiger partial charge in [0.1, 0.15) is 0 Å². The van der Waals surface area contributed by atoms with Crippen LogP contribution in [-0.4, -0.2) is 4.98 Å². The molecule has 1 unspecified atom stereocenters. The van der Waals surface area contributed by atoms with Crippen molar-refractivity contribution in [2.45, 2.75) is 12.3 Å². The number of nitrogens with zero attached hydrogens (tertiary/aromatic N) is 1. The van der Waals surface area contributed by atoms with Crippen LogP contribution in [0.15, 0.2) is 22.8 Å². The van der Waals surface area contributed by atoms with Gasteiger partial charge in [0.05, 0.1) is 17.3 Å². The van der Waals surface area contributed by atoms with E-state index in [0.29, 0.717) is 10.7 Å². The van der Waals surface area contributed by atoms with Gasteiger partial charge in [-0.3, -0.25) is 0 Å². The second-order valence-electron chi connectivity index (χ2n) is 2.79. The van der Waals surface area contributed by atoms with E-state index in [1.807, 2.05) is 19.1 Å². The molecule has 0 amide bonds. The normalized spacial score (nSPS) is 13.5. The molecule has 0 spiro atoms.